The maximum atomic E-state index is 13.1. The van der Waals surface area contributed by atoms with Crippen molar-refractivity contribution in [3.8, 4) is 0 Å². The van der Waals surface area contributed by atoms with Crippen molar-refractivity contribution in [2.45, 2.75) is 6.18 Å². The second-order valence-corrected chi connectivity index (χ2v) is 5.14. The highest BCUT2D eigenvalue weighted by atomic mass is 32.2. The summed E-state index contributed by atoms with van der Waals surface area (Å²) in [7, 11) is -3.60. The number of rotatable bonds is 1. The zero-order chi connectivity index (χ0) is 12.6. The van der Waals surface area contributed by atoms with E-state index < -0.39 is 32.9 Å². The SMILES string of the molecule is CS(=O)(O)=Cc1c(F)cccc1C(F)(F)F. The molecule has 0 bridgehead atoms. The van der Waals surface area contributed by atoms with Crippen LogP contribution in [-0.2, 0) is 16.0 Å². The van der Waals surface area contributed by atoms with E-state index in [2.05, 4.69) is 0 Å². The van der Waals surface area contributed by atoms with Crippen LogP contribution in [0.1, 0.15) is 11.1 Å². The van der Waals surface area contributed by atoms with Crippen molar-refractivity contribution < 1.29 is 26.3 Å². The molecule has 0 heterocycles. The molecule has 0 aromatic heterocycles. The van der Waals surface area contributed by atoms with E-state index in [4.69, 9.17) is 4.55 Å². The molecule has 0 radical (unpaired) electrons. The maximum absolute atomic E-state index is 13.1. The topological polar surface area (TPSA) is 37.3 Å². The Morgan fingerprint density at radius 1 is 1.38 bits per heavy atom. The minimum Gasteiger partial charge on any atom is -0.314 e. The van der Waals surface area contributed by atoms with E-state index in [-0.39, 0.29) is 0 Å². The molecule has 1 aromatic carbocycles. The minimum atomic E-state index is -4.77. The first-order chi connectivity index (χ1) is 7.11. The van der Waals surface area contributed by atoms with E-state index in [9.17, 15) is 21.8 Å². The molecule has 0 fully saturated rings. The fourth-order valence-corrected chi connectivity index (χ4v) is 1.80. The minimum absolute atomic E-state index is 0.380. The molecule has 0 aliphatic carbocycles. The Labute approximate surface area is 89.7 Å². The summed E-state index contributed by atoms with van der Waals surface area (Å²) < 4.78 is 70.3. The lowest BCUT2D eigenvalue weighted by Gasteiger charge is -2.10. The largest absolute Gasteiger partial charge is 0.417 e. The molecule has 0 saturated heterocycles. The van der Waals surface area contributed by atoms with Crippen molar-refractivity contribution in [2.75, 3.05) is 6.26 Å². The molecule has 0 spiro atoms. The van der Waals surface area contributed by atoms with Crippen molar-refractivity contribution in [1.82, 2.24) is 0 Å². The van der Waals surface area contributed by atoms with Gasteiger partial charge >= 0.3 is 6.18 Å². The van der Waals surface area contributed by atoms with Gasteiger partial charge in [0.2, 0.25) is 0 Å². The number of alkyl halides is 3. The summed E-state index contributed by atoms with van der Waals surface area (Å²) in [6.07, 6.45) is -3.96. The monoisotopic (exact) mass is 256 g/mol. The Bertz CT molecular complexity index is 505. The normalized spacial score (nSPS) is 15.6. The summed E-state index contributed by atoms with van der Waals surface area (Å²) in [5.41, 5.74) is -2.17. The van der Waals surface area contributed by atoms with Gasteiger partial charge in [0.25, 0.3) is 0 Å². The summed E-state index contributed by atoms with van der Waals surface area (Å²) >= 11 is 0. The van der Waals surface area contributed by atoms with E-state index in [1.54, 1.807) is 0 Å². The maximum Gasteiger partial charge on any atom is 0.417 e. The third kappa shape index (κ3) is 3.21. The Balaban J connectivity index is 3.55. The van der Waals surface area contributed by atoms with Crippen molar-refractivity contribution in [3.63, 3.8) is 0 Å². The zero-order valence-corrected chi connectivity index (χ0v) is 8.90. The molecule has 16 heavy (non-hydrogen) atoms. The van der Waals surface area contributed by atoms with Gasteiger partial charge in [-0.25, -0.2) is 8.60 Å². The fraction of sp³-hybridized carbons (Fsp3) is 0.222. The third-order valence-electron chi connectivity index (χ3n) is 1.69. The molecule has 0 saturated carbocycles. The molecule has 1 unspecified atom stereocenters. The van der Waals surface area contributed by atoms with Crippen molar-refractivity contribution in [2.24, 2.45) is 0 Å². The van der Waals surface area contributed by atoms with Crippen molar-refractivity contribution >= 4 is 15.2 Å². The van der Waals surface area contributed by atoms with E-state index in [1.165, 1.54) is 0 Å². The quantitative estimate of drug-likeness (QED) is 0.618. The lowest BCUT2D eigenvalue weighted by molar-refractivity contribution is -0.137. The van der Waals surface area contributed by atoms with Gasteiger partial charge in [-0.1, -0.05) is 6.07 Å². The van der Waals surface area contributed by atoms with E-state index in [1.807, 2.05) is 0 Å². The second kappa shape index (κ2) is 4.06. The van der Waals surface area contributed by atoms with Crippen LogP contribution in [0, 0.1) is 5.82 Å². The van der Waals surface area contributed by atoms with Crippen LogP contribution in [0.5, 0.6) is 0 Å². The number of hydrogen-bond acceptors (Lipinski definition) is 1. The molecule has 0 amide bonds. The molecule has 1 N–H and O–H groups in total. The van der Waals surface area contributed by atoms with Gasteiger partial charge in [0.1, 0.15) is 5.82 Å². The van der Waals surface area contributed by atoms with Crippen LogP contribution < -0.4 is 0 Å². The van der Waals surface area contributed by atoms with Gasteiger partial charge in [-0.2, -0.15) is 13.2 Å². The van der Waals surface area contributed by atoms with Gasteiger partial charge in [0.15, 0.2) is 0 Å². The molecular formula is C9H8F4O2S. The van der Waals surface area contributed by atoms with Crippen LogP contribution in [0.25, 0.3) is 0 Å². The Hall–Kier alpha value is -1.08. The standard InChI is InChI=1S/C9H8F4O2S/c1-16(14,15)5-6-7(9(11,12)13)3-2-4-8(6)10/h2-5H,1H3,(H,14,15). The fourth-order valence-electron chi connectivity index (χ4n) is 1.12. The molecule has 7 heteroatoms. The smallest absolute Gasteiger partial charge is 0.314 e. The van der Waals surface area contributed by atoms with Crippen LogP contribution in [0.3, 0.4) is 0 Å². The Morgan fingerprint density at radius 2 is 1.94 bits per heavy atom. The average molecular weight is 256 g/mol. The Kier molecular flexibility index (Phi) is 3.30. The third-order valence-corrected chi connectivity index (χ3v) is 2.37. The Morgan fingerprint density at radius 3 is 2.38 bits per heavy atom. The number of halogens is 4. The lowest BCUT2D eigenvalue weighted by atomic mass is 10.1. The number of benzene rings is 1. The summed E-state index contributed by atoms with van der Waals surface area (Å²) in [5.74, 6) is -1.18. The highest BCUT2D eigenvalue weighted by molar-refractivity contribution is 7.95. The van der Waals surface area contributed by atoms with Crippen LogP contribution in [0.15, 0.2) is 18.2 Å². The van der Waals surface area contributed by atoms with Gasteiger partial charge in [0.05, 0.1) is 15.4 Å². The van der Waals surface area contributed by atoms with Crippen LogP contribution in [0.2, 0.25) is 0 Å². The molecule has 1 rings (SSSR count). The van der Waals surface area contributed by atoms with Gasteiger partial charge in [-0.3, -0.25) is 0 Å². The molecular weight excluding hydrogens is 248 g/mol. The zero-order valence-electron chi connectivity index (χ0n) is 8.08. The highest BCUT2D eigenvalue weighted by Crippen LogP contribution is 2.32. The number of hydrogen-bond donors (Lipinski definition) is 1. The highest BCUT2D eigenvalue weighted by Gasteiger charge is 2.34. The molecule has 2 nitrogen and oxygen atoms in total. The van der Waals surface area contributed by atoms with Crippen molar-refractivity contribution in [3.05, 3.63) is 35.1 Å². The summed E-state index contributed by atoms with van der Waals surface area (Å²) in [5, 5.41) is 0.380. The molecule has 1 atom stereocenters. The first-order valence-electron chi connectivity index (χ1n) is 4.03. The molecule has 90 valence electrons. The first-order valence-corrected chi connectivity index (χ1v) is 6.02. The van der Waals surface area contributed by atoms with Gasteiger partial charge in [-0.15, -0.1) is 0 Å². The lowest BCUT2D eigenvalue weighted by Crippen LogP contribution is -2.13. The summed E-state index contributed by atoms with van der Waals surface area (Å²) in [4.78, 5) is 0. The van der Waals surface area contributed by atoms with E-state index in [0.717, 1.165) is 18.4 Å². The van der Waals surface area contributed by atoms with Gasteiger partial charge in [0, 0.05) is 17.2 Å². The van der Waals surface area contributed by atoms with Crippen LogP contribution in [0.4, 0.5) is 17.6 Å². The van der Waals surface area contributed by atoms with E-state index in [0.29, 0.717) is 11.4 Å². The van der Waals surface area contributed by atoms with Crippen LogP contribution >= 0.6 is 0 Å². The first kappa shape index (κ1) is 13.0. The summed E-state index contributed by atoms with van der Waals surface area (Å²) in [6.45, 7) is 0. The van der Waals surface area contributed by atoms with Gasteiger partial charge < -0.3 is 4.55 Å². The molecule has 0 aliphatic heterocycles. The van der Waals surface area contributed by atoms with E-state index >= 15 is 0 Å². The molecule has 1 aromatic rings. The van der Waals surface area contributed by atoms with Gasteiger partial charge in [-0.05, 0) is 12.1 Å². The van der Waals surface area contributed by atoms with Crippen molar-refractivity contribution in [1.29, 1.82) is 0 Å². The van der Waals surface area contributed by atoms with Crippen LogP contribution in [-0.4, -0.2) is 20.4 Å². The summed E-state index contributed by atoms with van der Waals surface area (Å²) in [6, 6.07) is 2.34. The second-order valence-electron chi connectivity index (χ2n) is 3.18. The molecule has 0 aliphatic rings. The predicted molar refractivity (Wildman–Crippen MR) is 53.3 cm³/mol. The predicted octanol–water partition coefficient (Wildman–Crippen LogP) is 2.38. The average Bonchev–Trinajstić information content (AvgIpc) is 2.04.